The van der Waals surface area contributed by atoms with Gasteiger partial charge >= 0.3 is 5.88 Å². The minimum Gasteiger partial charge on any atom is -0.403 e. The SMILES string of the molecule is CSC1=NC(c2ccc([N+](=O)[O-])o2)C(C(C)=O)=C(C)N1. The summed E-state index contributed by atoms with van der Waals surface area (Å²) in [6, 6.07) is 2.09. The van der Waals surface area contributed by atoms with E-state index in [0.717, 1.165) is 0 Å². The molecule has 0 spiro atoms. The van der Waals surface area contributed by atoms with Crippen molar-refractivity contribution >= 4 is 28.6 Å². The highest BCUT2D eigenvalue weighted by atomic mass is 32.2. The van der Waals surface area contributed by atoms with Crippen molar-refractivity contribution in [3.05, 3.63) is 39.3 Å². The van der Waals surface area contributed by atoms with Crippen LogP contribution >= 0.6 is 11.8 Å². The molecule has 0 aliphatic carbocycles. The van der Waals surface area contributed by atoms with Crippen LogP contribution in [-0.2, 0) is 4.79 Å². The summed E-state index contributed by atoms with van der Waals surface area (Å²) in [5, 5.41) is 14.3. The highest BCUT2D eigenvalue weighted by molar-refractivity contribution is 8.13. The van der Waals surface area contributed by atoms with E-state index in [1.165, 1.54) is 30.8 Å². The number of aliphatic imine (C=N–C) groups is 1. The van der Waals surface area contributed by atoms with E-state index >= 15 is 0 Å². The van der Waals surface area contributed by atoms with Crippen molar-refractivity contribution in [3.8, 4) is 0 Å². The third-order valence-corrected chi connectivity index (χ3v) is 3.45. The van der Waals surface area contributed by atoms with E-state index in [9.17, 15) is 14.9 Å². The van der Waals surface area contributed by atoms with Crippen LogP contribution in [0.3, 0.4) is 0 Å². The third kappa shape index (κ3) is 2.60. The molecule has 1 aromatic heterocycles. The van der Waals surface area contributed by atoms with E-state index in [-0.39, 0.29) is 17.4 Å². The molecule has 0 aromatic carbocycles. The van der Waals surface area contributed by atoms with E-state index in [0.29, 0.717) is 16.4 Å². The Labute approximate surface area is 119 Å². The molecule has 106 valence electrons. The number of rotatable bonds is 3. The van der Waals surface area contributed by atoms with Crippen molar-refractivity contribution in [1.82, 2.24) is 5.32 Å². The molecule has 1 aliphatic rings. The Kier molecular flexibility index (Phi) is 3.93. The van der Waals surface area contributed by atoms with Gasteiger partial charge in [-0.05, 0) is 26.2 Å². The number of Topliss-reactive ketones (excluding diaryl/α,β-unsaturated/α-hetero) is 1. The predicted octanol–water partition coefficient (Wildman–Crippen LogP) is 2.41. The number of carbonyl (C=O) groups excluding carboxylic acids is 1. The maximum Gasteiger partial charge on any atom is 0.433 e. The number of thioether (sulfide) groups is 1. The van der Waals surface area contributed by atoms with Gasteiger partial charge in [0.2, 0.25) is 0 Å². The van der Waals surface area contributed by atoms with Gasteiger partial charge in [0.25, 0.3) is 0 Å². The molecule has 1 unspecified atom stereocenters. The van der Waals surface area contributed by atoms with E-state index in [1.807, 2.05) is 6.26 Å². The highest BCUT2D eigenvalue weighted by Crippen LogP contribution is 2.34. The molecular formula is C12H13N3O4S. The topological polar surface area (TPSA) is 97.7 Å². The molecular weight excluding hydrogens is 282 g/mol. The van der Waals surface area contributed by atoms with Gasteiger partial charge in [0.05, 0.1) is 6.07 Å². The Balaban J connectivity index is 2.47. The van der Waals surface area contributed by atoms with Gasteiger partial charge in [0.15, 0.2) is 11.0 Å². The van der Waals surface area contributed by atoms with Crippen molar-refractivity contribution in [3.63, 3.8) is 0 Å². The van der Waals surface area contributed by atoms with Crippen molar-refractivity contribution < 1.29 is 14.1 Å². The largest absolute Gasteiger partial charge is 0.433 e. The fourth-order valence-electron chi connectivity index (χ4n) is 2.00. The maximum atomic E-state index is 11.8. The molecule has 0 radical (unpaired) electrons. The Morgan fingerprint density at radius 1 is 1.55 bits per heavy atom. The van der Waals surface area contributed by atoms with E-state index in [4.69, 9.17) is 4.42 Å². The molecule has 0 fully saturated rings. The van der Waals surface area contributed by atoms with Gasteiger partial charge in [-0.3, -0.25) is 14.9 Å². The average molecular weight is 295 g/mol. The molecule has 20 heavy (non-hydrogen) atoms. The zero-order chi connectivity index (χ0) is 14.9. The third-order valence-electron chi connectivity index (χ3n) is 2.85. The molecule has 2 rings (SSSR count). The van der Waals surface area contributed by atoms with Crippen LogP contribution in [0.4, 0.5) is 5.88 Å². The molecule has 7 nitrogen and oxygen atoms in total. The van der Waals surface area contributed by atoms with Crippen LogP contribution in [-0.4, -0.2) is 22.1 Å². The van der Waals surface area contributed by atoms with Crippen LogP contribution < -0.4 is 5.32 Å². The van der Waals surface area contributed by atoms with Gasteiger partial charge in [0, 0.05) is 11.3 Å². The summed E-state index contributed by atoms with van der Waals surface area (Å²) in [7, 11) is 0. The van der Waals surface area contributed by atoms with E-state index < -0.39 is 11.0 Å². The standard InChI is InChI=1S/C12H13N3O4S/c1-6-10(7(2)16)11(14-12(13-6)20-3)8-4-5-9(19-8)15(17)18/h4-5,11H,1-3H3,(H,13,14). The first-order valence-electron chi connectivity index (χ1n) is 5.78. The van der Waals surface area contributed by atoms with Crippen LogP contribution in [0.15, 0.2) is 32.8 Å². The quantitative estimate of drug-likeness (QED) is 0.679. The zero-order valence-electron chi connectivity index (χ0n) is 11.2. The minimum atomic E-state index is -0.648. The fraction of sp³-hybridized carbons (Fsp3) is 0.333. The number of allylic oxidation sites excluding steroid dienone is 1. The number of amidine groups is 1. The lowest BCUT2D eigenvalue weighted by atomic mass is 9.99. The van der Waals surface area contributed by atoms with Crippen molar-refractivity contribution in [2.24, 2.45) is 4.99 Å². The second kappa shape index (κ2) is 5.49. The molecule has 0 amide bonds. The van der Waals surface area contributed by atoms with Gasteiger partial charge in [-0.2, -0.15) is 0 Å². The molecule has 2 heterocycles. The number of hydrogen-bond donors (Lipinski definition) is 1. The van der Waals surface area contributed by atoms with Crippen LogP contribution in [0.25, 0.3) is 0 Å². The van der Waals surface area contributed by atoms with Crippen molar-refractivity contribution in [2.45, 2.75) is 19.9 Å². The minimum absolute atomic E-state index is 0.150. The lowest BCUT2D eigenvalue weighted by Gasteiger charge is -2.23. The first-order valence-corrected chi connectivity index (χ1v) is 7.01. The second-order valence-electron chi connectivity index (χ2n) is 4.19. The summed E-state index contributed by atoms with van der Waals surface area (Å²) in [5.74, 6) is -0.225. The van der Waals surface area contributed by atoms with Crippen LogP contribution in [0.2, 0.25) is 0 Å². The second-order valence-corrected chi connectivity index (χ2v) is 4.99. The van der Waals surface area contributed by atoms with Crippen LogP contribution in [0, 0.1) is 10.1 Å². The summed E-state index contributed by atoms with van der Waals surface area (Å²) in [5.41, 5.74) is 1.13. The number of ketones is 1. The average Bonchev–Trinajstić information content (AvgIpc) is 2.86. The lowest BCUT2D eigenvalue weighted by molar-refractivity contribution is -0.402. The molecule has 0 bridgehead atoms. The van der Waals surface area contributed by atoms with Crippen molar-refractivity contribution in [1.29, 1.82) is 0 Å². The highest BCUT2D eigenvalue weighted by Gasteiger charge is 2.30. The summed E-state index contributed by atoms with van der Waals surface area (Å²) in [6.07, 6.45) is 1.85. The molecule has 1 aromatic rings. The number of nitrogens with zero attached hydrogens (tertiary/aromatic N) is 2. The fourth-order valence-corrected chi connectivity index (χ4v) is 2.47. The van der Waals surface area contributed by atoms with E-state index in [1.54, 1.807) is 6.92 Å². The summed E-state index contributed by atoms with van der Waals surface area (Å²) in [4.78, 5) is 26.2. The first kappa shape index (κ1) is 14.3. The number of nitrogens with one attached hydrogen (secondary N) is 1. The molecule has 0 saturated carbocycles. The van der Waals surface area contributed by atoms with Crippen molar-refractivity contribution in [2.75, 3.05) is 6.26 Å². The molecule has 8 heteroatoms. The molecule has 0 saturated heterocycles. The van der Waals surface area contributed by atoms with Crippen LogP contribution in [0.1, 0.15) is 25.6 Å². The Bertz CT molecular complexity index is 632. The predicted molar refractivity (Wildman–Crippen MR) is 75.6 cm³/mol. The summed E-state index contributed by atoms with van der Waals surface area (Å²) >= 11 is 1.39. The first-order chi connectivity index (χ1) is 9.43. The van der Waals surface area contributed by atoms with Gasteiger partial charge in [-0.25, -0.2) is 4.99 Å². The Morgan fingerprint density at radius 3 is 2.75 bits per heavy atom. The number of carbonyl (C=O) groups is 1. The Hall–Kier alpha value is -2.09. The number of furan rings is 1. The maximum absolute atomic E-state index is 11.8. The van der Waals surface area contributed by atoms with Gasteiger partial charge < -0.3 is 9.73 Å². The van der Waals surface area contributed by atoms with Gasteiger partial charge in [-0.1, -0.05) is 11.8 Å². The summed E-state index contributed by atoms with van der Waals surface area (Å²) < 4.78 is 5.18. The Morgan fingerprint density at radius 2 is 2.25 bits per heavy atom. The van der Waals surface area contributed by atoms with E-state index in [2.05, 4.69) is 10.3 Å². The normalized spacial score (nSPS) is 18.6. The number of hydrogen-bond acceptors (Lipinski definition) is 7. The summed E-state index contributed by atoms with van der Waals surface area (Å²) in [6.45, 7) is 3.20. The smallest absolute Gasteiger partial charge is 0.403 e. The monoisotopic (exact) mass is 295 g/mol. The zero-order valence-corrected chi connectivity index (χ0v) is 12.0. The lowest BCUT2D eigenvalue weighted by Crippen LogP contribution is -2.28. The molecule has 1 atom stereocenters. The number of nitro groups is 1. The molecule has 1 N–H and O–H groups in total. The van der Waals surface area contributed by atoms with Gasteiger partial charge in [-0.15, -0.1) is 0 Å². The molecule has 1 aliphatic heterocycles. The van der Waals surface area contributed by atoms with Gasteiger partial charge in [0.1, 0.15) is 16.7 Å². The van der Waals surface area contributed by atoms with Crippen LogP contribution in [0.5, 0.6) is 0 Å².